The molecule has 0 bridgehead atoms. The number of hydrogen-bond donors (Lipinski definition) is 2. The quantitative estimate of drug-likeness (QED) is 0.492. The highest BCUT2D eigenvalue weighted by atomic mass is 79.9. The summed E-state index contributed by atoms with van der Waals surface area (Å²) in [7, 11) is 0. The zero-order valence-electron chi connectivity index (χ0n) is 13.5. The molecule has 1 heterocycles. The fourth-order valence-electron chi connectivity index (χ4n) is 2.71. The first-order valence-corrected chi connectivity index (χ1v) is 8.55. The fraction of sp³-hybridized carbons (Fsp3) is 0.158. The maximum absolute atomic E-state index is 12.5. The Morgan fingerprint density at radius 1 is 1.17 bits per heavy atom. The predicted octanol–water partition coefficient (Wildman–Crippen LogP) is 4.82. The summed E-state index contributed by atoms with van der Waals surface area (Å²) in [6, 6.07) is 15.6. The van der Waals surface area contributed by atoms with Crippen molar-refractivity contribution in [1.82, 2.24) is 10.4 Å². The SMILES string of the molecule is CC(C)c1c(C(=O)NN=Cc2ccc(Br)cc2)[nH]c2ccccc12. The number of para-hydroxylation sites is 1. The number of carbonyl (C=O) groups is 1. The molecular weight excluding hydrogens is 366 g/mol. The van der Waals surface area contributed by atoms with E-state index in [1.807, 2.05) is 48.5 Å². The van der Waals surface area contributed by atoms with E-state index in [0.717, 1.165) is 26.5 Å². The van der Waals surface area contributed by atoms with Crippen molar-refractivity contribution >= 4 is 39.0 Å². The van der Waals surface area contributed by atoms with Gasteiger partial charge in [-0.25, -0.2) is 5.43 Å². The van der Waals surface area contributed by atoms with Crippen molar-refractivity contribution in [2.24, 2.45) is 5.10 Å². The van der Waals surface area contributed by atoms with Crippen LogP contribution in [-0.4, -0.2) is 17.1 Å². The molecule has 0 fully saturated rings. The van der Waals surface area contributed by atoms with Crippen LogP contribution in [0, 0.1) is 0 Å². The van der Waals surface area contributed by atoms with E-state index in [9.17, 15) is 4.79 Å². The Kier molecular flexibility index (Phi) is 4.81. The Morgan fingerprint density at radius 3 is 2.58 bits per heavy atom. The zero-order valence-corrected chi connectivity index (χ0v) is 15.1. The third-order valence-electron chi connectivity index (χ3n) is 3.80. The van der Waals surface area contributed by atoms with Crippen molar-refractivity contribution < 1.29 is 4.79 Å². The van der Waals surface area contributed by atoms with E-state index in [4.69, 9.17) is 0 Å². The standard InChI is InChI=1S/C19H18BrN3O/c1-12(2)17-15-5-3-4-6-16(15)22-18(17)19(24)23-21-11-13-7-9-14(20)10-8-13/h3-12,22H,1-2H3,(H,23,24). The summed E-state index contributed by atoms with van der Waals surface area (Å²) in [4.78, 5) is 15.7. The monoisotopic (exact) mass is 383 g/mol. The number of fused-ring (bicyclic) bond motifs is 1. The van der Waals surface area contributed by atoms with Gasteiger partial charge >= 0.3 is 0 Å². The van der Waals surface area contributed by atoms with E-state index < -0.39 is 0 Å². The number of hydrazone groups is 1. The van der Waals surface area contributed by atoms with Gasteiger partial charge in [0.05, 0.1) is 6.21 Å². The van der Waals surface area contributed by atoms with Crippen LogP contribution in [0.2, 0.25) is 0 Å². The molecule has 24 heavy (non-hydrogen) atoms. The van der Waals surface area contributed by atoms with E-state index in [1.165, 1.54) is 0 Å². The van der Waals surface area contributed by atoms with Gasteiger partial charge in [0, 0.05) is 15.4 Å². The number of aromatic nitrogens is 1. The Morgan fingerprint density at radius 2 is 1.88 bits per heavy atom. The molecule has 0 atom stereocenters. The number of carbonyl (C=O) groups excluding carboxylic acids is 1. The summed E-state index contributed by atoms with van der Waals surface area (Å²) in [5.41, 5.74) is 6.07. The van der Waals surface area contributed by atoms with Gasteiger partial charge in [0.15, 0.2) is 0 Å². The Bertz CT molecular complexity index is 895. The molecule has 3 aromatic rings. The minimum atomic E-state index is -0.233. The van der Waals surface area contributed by atoms with Gasteiger partial charge in [-0.3, -0.25) is 4.79 Å². The summed E-state index contributed by atoms with van der Waals surface area (Å²) in [6.45, 7) is 4.16. The van der Waals surface area contributed by atoms with Gasteiger partial charge in [-0.1, -0.05) is 60.1 Å². The zero-order chi connectivity index (χ0) is 17.1. The summed E-state index contributed by atoms with van der Waals surface area (Å²) in [6.07, 6.45) is 1.63. The number of nitrogens with one attached hydrogen (secondary N) is 2. The Hall–Kier alpha value is -2.40. The lowest BCUT2D eigenvalue weighted by molar-refractivity contribution is 0.0949. The number of rotatable bonds is 4. The maximum Gasteiger partial charge on any atom is 0.288 e. The minimum Gasteiger partial charge on any atom is -0.350 e. The van der Waals surface area contributed by atoms with Crippen LogP contribution in [0.5, 0.6) is 0 Å². The molecule has 5 heteroatoms. The molecule has 0 saturated carbocycles. The van der Waals surface area contributed by atoms with Gasteiger partial charge in [-0.2, -0.15) is 5.10 Å². The van der Waals surface area contributed by atoms with Gasteiger partial charge in [0.1, 0.15) is 5.69 Å². The summed E-state index contributed by atoms with van der Waals surface area (Å²) in [5, 5.41) is 5.14. The highest BCUT2D eigenvalue weighted by molar-refractivity contribution is 9.10. The normalized spacial score (nSPS) is 11.5. The fourth-order valence-corrected chi connectivity index (χ4v) is 2.98. The van der Waals surface area contributed by atoms with E-state index in [-0.39, 0.29) is 11.8 Å². The number of nitrogens with zero attached hydrogens (tertiary/aromatic N) is 1. The lowest BCUT2D eigenvalue weighted by atomic mass is 9.99. The van der Waals surface area contributed by atoms with Gasteiger partial charge < -0.3 is 4.98 Å². The number of hydrogen-bond acceptors (Lipinski definition) is 2. The smallest absolute Gasteiger partial charge is 0.288 e. The average molecular weight is 384 g/mol. The molecule has 0 aliphatic rings. The Balaban J connectivity index is 1.83. The number of aromatic amines is 1. The van der Waals surface area contributed by atoms with Crippen molar-refractivity contribution in [3.63, 3.8) is 0 Å². The second-order valence-corrected chi connectivity index (χ2v) is 6.78. The van der Waals surface area contributed by atoms with Crippen LogP contribution in [-0.2, 0) is 0 Å². The molecule has 1 aromatic heterocycles. The van der Waals surface area contributed by atoms with Crippen LogP contribution in [0.15, 0.2) is 58.1 Å². The van der Waals surface area contributed by atoms with E-state index >= 15 is 0 Å². The van der Waals surface area contributed by atoms with Gasteiger partial charge in [-0.15, -0.1) is 0 Å². The second-order valence-electron chi connectivity index (χ2n) is 5.86. The first-order valence-electron chi connectivity index (χ1n) is 7.76. The lowest BCUT2D eigenvalue weighted by Gasteiger charge is -2.07. The van der Waals surface area contributed by atoms with E-state index in [1.54, 1.807) is 6.21 Å². The Labute approximate surface area is 149 Å². The van der Waals surface area contributed by atoms with E-state index in [0.29, 0.717) is 5.69 Å². The van der Waals surface area contributed by atoms with Crippen molar-refractivity contribution in [1.29, 1.82) is 0 Å². The van der Waals surface area contributed by atoms with Crippen LogP contribution >= 0.6 is 15.9 Å². The van der Waals surface area contributed by atoms with Crippen molar-refractivity contribution in [2.75, 3.05) is 0 Å². The molecule has 1 amide bonds. The molecule has 0 spiro atoms. The van der Waals surface area contributed by atoms with Gasteiger partial charge in [-0.05, 0) is 35.2 Å². The largest absolute Gasteiger partial charge is 0.350 e. The molecule has 4 nitrogen and oxygen atoms in total. The van der Waals surface area contributed by atoms with Crippen LogP contribution in [0.4, 0.5) is 0 Å². The van der Waals surface area contributed by atoms with Crippen LogP contribution in [0.3, 0.4) is 0 Å². The topological polar surface area (TPSA) is 57.2 Å². The molecule has 3 rings (SSSR count). The molecular formula is C19H18BrN3O. The maximum atomic E-state index is 12.5. The lowest BCUT2D eigenvalue weighted by Crippen LogP contribution is -2.19. The van der Waals surface area contributed by atoms with Crippen LogP contribution < -0.4 is 5.43 Å². The minimum absolute atomic E-state index is 0.233. The number of H-pyrrole nitrogens is 1. The molecule has 122 valence electrons. The van der Waals surface area contributed by atoms with Crippen molar-refractivity contribution in [2.45, 2.75) is 19.8 Å². The summed E-state index contributed by atoms with van der Waals surface area (Å²) < 4.78 is 1.00. The van der Waals surface area contributed by atoms with Crippen molar-refractivity contribution in [3.8, 4) is 0 Å². The van der Waals surface area contributed by atoms with Crippen molar-refractivity contribution in [3.05, 3.63) is 69.8 Å². The second kappa shape index (κ2) is 7.01. The molecule has 0 radical (unpaired) electrons. The third-order valence-corrected chi connectivity index (χ3v) is 4.33. The molecule has 2 N–H and O–H groups in total. The van der Waals surface area contributed by atoms with Gasteiger partial charge in [0.2, 0.25) is 0 Å². The summed E-state index contributed by atoms with van der Waals surface area (Å²) in [5.74, 6) is 0.000569. The molecule has 0 saturated heterocycles. The molecule has 0 aliphatic heterocycles. The first-order chi connectivity index (χ1) is 11.6. The van der Waals surface area contributed by atoms with Crippen LogP contribution in [0.1, 0.15) is 41.4 Å². The molecule has 0 aliphatic carbocycles. The number of halogens is 1. The highest BCUT2D eigenvalue weighted by Crippen LogP contribution is 2.28. The predicted molar refractivity (Wildman–Crippen MR) is 102 cm³/mol. The third kappa shape index (κ3) is 3.41. The van der Waals surface area contributed by atoms with Gasteiger partial charge in [0.25, 0.3) is 5.91 Å². The van der Waals surface area contributed by atoms with Crippen LogP contribution in [0.25, 0.3) is 10.9 Å². The first kappa shape index (κ1) is 16.5. The van der Waals surface area contributed by atoms with E-state index in [2.05, 4.69) is 45.3 Å². The number of amides is 1. The highest BCUT2D eigenvalue weighted by Gasteiger charge is 2.19. The summed E-state index contributed by atoms with van der Waals surface area (Å²) >= 11 is 3.39. The average Bonchev–Trinajstić information content (AvgIpc) is 2.96. The molecule has 0 unspecified atom stereocenters. The number of benzene rings is 2. The molecule has 2 aromatic carbocycles.